The number of nitrogen functional groups attached to an aromatic ring is 1. The zero-order valence-electron chi connectivity index (χ0n) is 15.7. The predicted molar refractivity (Wildman–Crippen MR) is 114 cm³/mol. The third kappa shape index (κ3) is 4.24. The van der Waals surface area contributed by atoms with E-state index in [1.54, 1.807) is 24.3 Å². The lowest BCUT2D eigenvalue weighted by Gasteiger charge is -2.36. The van der Waals surface area contributed by atoms with Crippen LogP contribution in [0.2, 0.25) is 5.02 Å². The van der Waals surface area contributed by atoms with Gasteiger partial charge in [-0.25, -0.2) is 4.98 Å². The summed E-state index contributed by atoms with van der Waals surface area (Å²) >= 11 is 7.35. The number of anilines is 2. The highest BCUT2D eigenvalue weighted by Gasteiger charge is 2.32. The Kier molecular flexibility index (Phi) is 5.74. The van der Waals surface area contributed by atoms with E-state index in [-0.39, 0.29) is 18.3 Å². The summed E-state index contributed by atoms with van der Waals surface area (Å²) in [5.41, 5.74) is 7.06. The van der Waals surface area contributed by atoms with Crippen LogP contribution in [-0.2, 0) is 4.79 Å². The average molecular weight is 434 g/mol. The summed E-state index contributed by atoms with van der Waals surface area (Å²) in [6, 6.07) is 6.45. The molecule has 0 bridgehead atoms. The minimum Gasteiger partial charge on any atom is -0.486 e. The number of rotatable bonds is 6. The van der Waals surface area contributed by atoms with Crippen LogP contribution in [0.5, 0.6) is 5.75 Å². The molecule has 3 aromatic rings. The van der Waals surface area contributed by atoms with Gasteiger partial charge < -0.3 is 25.7 Å². The van der Waals surface area contributed by atoms with Crippen molar-refractivity contribution in [1.82, 2.24) is 25.3 Å². The number of hydrogen-bond acceptors (Lipinski definition) is 9. The largest absolute Gasteiger partial charge is 0.486 e. The Morgan fingerprint density at radius 1 is 1.34 bits per heavy atom. The Bertz CT molecular complexity index is 1030. The van der Waals surface area contributed by atoms with E-state index in [0.717, 1.165) is 6.54 Å². The van der Waals surface area contributed by atoms with E-state index in [1.165, 1.54) is 11.8 Å². The van der Waals surface area contributed by atoms with E-state index in [1.807, 2.05) is 11.2 Å². The summed E-state index contributed by atoms with van der Waals surface area (Å²) in [6.45, 7) is 1.73. The molecule has 4 N–H and O–H groups in total. The number of carbonyl (C=O) groups is 1. The van der Waals surface area contributed by atoms with E-state index in [4.69, 9.17) is 22.1 Å². The number of aromatic nitrogens is 4. The number of imidazole rings is 1. The van der Waals surface area contributed by atoms with Crippen molar-refractivity contribution in [3.63, 3.8) is 0 Å². The number of hydrogen-bond donors (Lipinski definition) is 3. The predicted octanol–water partition coefficient (Wildman–Crippen LogP) is 1.74. The molecular weight excluding hydrogens is 414 g/mol. The monoisotopic (exact) mass is 433 g/mol. The van der Waals surface area contributed by atoms with Gasteiger partial charge in [0.1, 0.15) is 23.9 Å². The molecule has 4 rings (SSSR count). The lowest BCUT2D eigenvalue weighted by Crippen LogP contribution is -2.56. The molecule has 1 saturated heterocycles. The number of benzene rings is 1. The van der Waals surface area contributed by atoms with Crippen molar-refractivity contribution in [2.24, 2.45) is 0 Å². The lowest BCUT2D eigenvalue weighted by atomic mass is 10.1. The molecule has 1 unspecified atom stereocenters. The SMILES string of the molecule is CSc1nc2nc(N)nc(N3CCNCC3C(=O)COc3ccc(Cl)cc3)c2[nH]1. The molecular formula is C18H20ClN7O2S. The Morgan fingerprint density at radius 3 is 2.90 bits per heavy atom. The van der Waals surface area contributed by atoms with Crippen molar-refractivity contribution in [3.8, 4) is 5.75 Å². The Morgan fingerprint density at radius 2 is 2.14 bits per heavy atom. The van der Waals surface area contributed by atoms with Crippen molar-refractivity contribution in [3.05, 3.63) is 29.3 Å². The van der Waals surface area contributed by atoms with Crippen LogP contribution in [0.4, 0.5) is 11.8 Å². The number of fused-ring (bicyclic) bond motifs is 1. The molecule has 1 aliphatic heterocycles. The fraction of sp³-hybridized carbons (Fsp3) is 0.333. The number of nitrogens with two attached hydrogens (primary N) is 1. The number of halogens is 1. The van der Waals surface area contributed by atoms with Gasteiger partial charge >= 0.3 is 0 Å². The number of ether oxygens (including phenoxy) is 1. The molecule has 29 heavy (non-hydrogen) atoms. The minimum atomic E-state index is -0.449. The van der Waals surface area contributed by atoms with E-state index in [9.17, 15) is 4.79 Å². The van der Waals surface area contributed by atoms with Gasteiger partial charge in [-0.2, -0.15) is 9.97 Å². The normalized spacial score (nSPS) is 16.9. The van der Waals surface area contributed by atoms with Crippen LogP contribution in [0.15, 0.2) is 29.4 Å². The number of H-pyrrole nitrogens is 1. The summed E-state index contributed by atoms with van der Waals surface area (Å²) in [6.07, 6.45) is 1.92. The second-order valence-electron chi connectivity index (χ2n) is 6.47. The molecule has 0 aliphatic carbocycles. The molecule has 1 atom stereocenters. The molecule has 152 valence electrons. The molecule has 1 fully saturated rings. The van der Waals surface area contributed by atoms with Crippen LogP contribution in [-0.4, -0.2) is 64.3 Å². The van der Waals surface area contributed by atoms with E-state index >= 15 is 0 Å². The minimum absolute atomic E-state index is 0.0623. The van der Waals surface area contributed by atoms with Gasteiger partial charge in [0.05, 0.1) is 0 Å². The summed E-state index contributed by atoms with van der Waals surface area (Å²) in [5, 5.41) is 4.59. The molecule has 1 aliphatic rings. The highest BCUT2D eigenvalue weighted by molar-refractivity contribution is 7.98. The molecule has 0 saturated carbocycles. The Hall–Kier alpha value is -2.56. The number of nitrogens with one attached hydrogen (secondary N) is 2. The van der Waals surface area contributed by atoms with Crippen LogP contribution >= 0.6 is 23.4 Å². The number of aromatic amines is 1. The van der Waals surface area contributed by atoms with E-state index < -0.39 is 6.04 Å². The van der Waals surface area contributed by atoms with Crippen LogP contribution in [0, 0.1) is 0 Å². The molecule has 0 spiro atoms. The van der Waals surface area contributed by atoms with E-state index in [2.05, 4.69) is 25.3 Å². The highest BCUT2D eigenvalue weighted by atomic mass is 35.5. The first-order chi connectivity index (χ1) is 14.0. The average Bonchev–Trinajstić information content (AvgIpc) is 3.15. The van der Waals surface area contributed by atoms with Gasteiger partial charge in [0.15, 0.2) is 22.4 Å². The van der Waals surface area contributed by atoms with Crippen molar-refractivity contribution in [1.29, 1.82) is 0 Å². The van der Waals surface area contributed by atoms with Gasteiger partial charge in [-0.15, -0.1) is 0 Å². The van der Waals surface area contributed by atoms with Gasteiger partial charge in [-0.05, 0) is 30.5 Å². The summed E-state index contributed by atoms with van der Waals surface area (Å²) < 4.78 is 5.65. The third-order valence-electron chi connectivity index (χ3n) is 4.60. The molecule has 9 nitrogen and oxygen atoms in total. The highest BCUT2D eigenvalue weighted by Crippen LogP contribution is 2.27. The van der Waals surface area contributed by atoms with Crippen LogP contribution < -0.4 is 20.7 Å². The second kappa shape index (κ2) is 8.44. The number of thioether (sulfide) groups is 1. The zero-order chi connectivity index (χ0) is 20.4. The maximum Gasteiger partial charge on any atom is 0.224 e. The smallest absolute Gasteiger partial charge is 0.224 e. The van der Waals surface area contributed by atoms with E-state index in [0.29, 0.717) is 46.0 Å². The van der Waals surface area contributed by atoms with Gasteiger partial charge in [0.25, 0.3) is 0 Å². The second-order valence-corrected chi connectivity index (χ2v) is 7.70. The maximum atomic E-state index is 13.0. The first-order valence-electron chi connectivity index (χ1n) is 9.01. The quantitative estimate of drug-likeness (QED) is 0.499. The van der Waals surface area contributed by atoms with Crippen molar-refractivity contribution >= 4 is 52.1 Å². The standard InChI is InChI=1S/C18H20ClN7O2S/c1-29-18-22-14-15(24-18)23-17(20)25-16(14)26-7-6-21-8-12(26)13(27)9-28-11-4-2-10(19)3-5-11/h2-5,12,21H,6-9H2,1H3,(H3,20,22,23,24,25). The molecule has 11 heteroatoms. The summed E-state index contributed by atoms with van der Waals surface area (Å²) in [7, 11) is 0. The van der Waals surface area contributed by atoms with Crippen molar-refractivity contribution in [2.75, 3.05) is 43.1 Å². The van der Waals surface area contributed by atoms with Gasteiger partial charge in [-0.3, -0.25) is 4.79 Å². The molecule has 3 heterocycles. The van der Waals surface area contributed by atoms with Gasteiger partial charge in [0.2, 0.25) is 5.95 Å². The van der Waals surface area contributed by atoms with Crippen molar-refractivity contribution < 1.29 is 9.53 Å². The van der Waals surface area contributed by atoms with Crippen LogP contribution in [0.3, 0.4) is 0 Å². The third-order valence-corrected chi connectivity index (χ3v) is 5.43. The Labute approximate surface area is 176 Å². The topological polar surface area (TPSA) is 122 Å². The zero-order valence-corrected chi connectivity index (χ0v) is 17.3. The number of ketones is 1. The molecule has 1 aromatic carbocycles. The van der Waals surface area contributed by atoms with Crippen LogP contribution in [0.1, 0.15) is 0 Å². The van der Waals surface area contributed by atoms with Gasteiger partial charge in [-0.1, -0.05) is 23.4 Å². The fourth-order valence-electron chi connectivity index (χ4n) is 3.21. The molecule has 0 radical (unpaired) electrons. The first kappa shape index (κ1) is 19.7. The molecule has 2 aromatic heterocycles. The summed E-state index contributed by atoms with van der Waals surface area (Å²) in [5.74, 6) is 1.22. The number of piperazine rings is 1. The Balaban J connectivity index is 1.59. The lowest BCUT2D eigenvalue weighted by molar-refractivity contribution is -0.122. The fourth-order valence-corrected chi connectivity index (χ4v) is 3.72. The van der Waals surface area contributed by atoms with Gasteiger partial charge in [0, 0.05) is 24.7 Å². The van der Waals surface area contributed by atoms with Crippen molar-refractivity contribution in [2.45, 2.75) is 11.2 Å². The maximum absolute atomic E-state index is 13.0. The number of nitrogens with zero attached hydrogens (tertiary/aromatic N) is 4. The first-order valence-corrected chi connectivity index (χ1v) is 10.6. The number of Topliss-reactive ketones (excluding diaryl/α,β-unsaturated/α-hetero) is 1. The number of carbonyl (C=O) groups excluding carboxylic acids is 1. The molecule has 0 amide bonds. The van der Waals surface area contributed by atoms with Crippen LogP contribution in [0.25, 0.3) is 11.2 Å². The summed E-state index contributed by atoms with van der Waals surface area (Å²) in [4.78, 5) is 31.1.